The summed E-state index contributed by atoms with van der Waals surface area (Å²) in [5, 5.41) is 8.63. The molecule has 3 aromatic rings. The van der Waals surface area contributed by atoms with Crippen LogP contribution in [0.25, 0.3) is 6.08 Å². The molecule has 0 bridgehead atoms. The summed E-state index contributed by atoms with van der Waals surface area (Å²) < 4.78 is 11.9. The van der Waals surface area contributed by atoms with E-state index in [1.54, 1.807) is 44.4 Å². The first kappa shape index (κ1) is 24.2. The molecule has 0 aromatic heterocycles. The third kappa shape index (κ3) is 5.60. The van der Waals surface area contributed by atoms with E-state index in [-0.39, 0.29) is 18.4 Å². The Bertz CT molecular complexity index is 1350. The first-order valence-corrected chi connectivity index (χ1v) is 11.7. The molecule has 2 amide bonds. The summed E-state index contributed by atoms with van der Waals surface area (Å²) in [6.07, 6.45) is 1.73. The molecular formula is C27H24BrN3O4. The highest BCUT2D eigenvalue weighted by Crippen LogP contribution is 2.30. The summed E-state index contributed by atoms with van der Waals surface area (Å²) in [6.45, 7) is 3.54. The first-order valence-electron chi connectivity index (χ1n) is 10.9. The van der Waals surface area contributed by atoms with E-state index in [2.05, 4.69) is 26.3 Å². The van der Waals surface area contributed by atoms with Crippen LogP contribution < -0.4 is 19.8 Å². The van der Waals surface area contributed by atoms with Crippen molar-refractivity contribution in [2.45, 2.75) is 13.8 Å². The van der Waals surface area contributed by atoms with Crippen molar-refractivity contribution in [2.24, 2.45) is 5.10 Å². The predicted octanol–water partition coefficient (Wildman–Crippen LogP) is 5.59. The predicted molar refractivity (Wildman–Crippen MR) is 141 cm³/mol. The van der Waals surface area contributed by atoms with Crippen LogP contribution in [0.2, 0.25) is 0 Å². The zero-order chi connectivity index (χ0) is 24.9. The van der Waals surface area contributed by atoms with Gasteiger partial charge in [0.05, 0.1) is 29.8 Å². The SMILES string of the molecule is COc1ccccc1NC(=O)COc1ccc(Br)cc1/C=C1\C(=O)N(c2cccc(C)c2)N=C1C. The number of nitrogens with zero attached hydrogens (tertiary/aromatic N) is 2. The van der Waals surface area contributed by atoms with Gasteiger partial charge in [-0.25, -0.2) is 0 Å². The summed E-state index contributed by atoms with van der Waals surface area (Å²) in [7, 11) is 1.54. The number of para-hydroxylation sites is 2. The van der Waals surface area contributed by atoms with Crippen molar-refractivity contribution < 1.29 is 19.1 Å². The fourth-order valence-corrected chi connectivity index (χ4v) is 3.99. The monoisotopic (exact) mass is 533 g/mol. The minimum absolute atomic E-state index is 0.216. The Balaban J connectivity index is 1.53. The van der Waals surface area contributed by atoms with Gasteiger partial charge in [-0.05, 0) is 68.0 Å². The molecule has 8 heteroatoms. The lowest BCUT2D eigenvalue weighted by molar-refractivity contribution is -0.118. The van der Waals surface area contributed by atoms with E-state index < -0.39 is 0 Å². The molecule has 1 aliphatic heterocycles. The molecule has 0 unspecified atom stereocenters. The van der Waals surface area contributed by atoms with E-state index in [0.717, 1.165) is 10.0 Å². The zero-order valence-corrected chi connectivity index (χ0v) is 21.1. The van der Waals surface area contributed by atoms with Crippen molar-refractivity contribution in [1.29, 1.82) is 0 Å². The van der Waals surface area contributed by atoms with Crippen LogP contribution in [0.1, 0.15) is 18.1 Å². The van der Waals surface area contributed by atoms with Gasteiger partial charge in [-0.2, -0.15) is 10.1 Å². The van der Waals surface area contributed by atoms with Crippen LogP contribution in [-0.2, 0) is 9.59 Å². The maximum atomic E-state index is 13.2. The van der Waals surface area contributed by atoms with Crippen LogP contribution in [0.15, 0.2) is 81.9 Å². The van der Waals surface area contributed by atoms with Crippen LogP contribution in [0.3, 0.4) is 0 Å². The van der Waals surface area contributed by atoms with Crippen LogP contribution in [0.5, 0.6) is 11.5 Å². The fourth-order valence-electron chi connectivity index (χ4n) is 3.62. The van der Waals surface area contributed by atoms with Crippen molar-refractivity contribution in [2.75, 3.05) is 24.0 Å². The molecule has 1 N–H and O–H groups in total. The summed E-state index contributed by atoms with van der Waals surface area (Å²) >= 11 is 3.47. The average Bonchev–Trinajstić information content (AvgIpc) is 3.12. The Morgan fingerprint density at radius 3 is 2.63 bits per heavy atom. The van der Waals surface area contributed by atoms with E-state index in [0.29, 0.717) is 39.7 Å². The largest absolute Gasteiger partial charge is 0.495 e. The van der Waals surface area contributed by atoms with Crippen molar-refractivity contribution in [3.05, 3.63) is 87.9 Å². The topological polar surface area (TPSA) is 80.2 Å². The number of anilines is 2. The summed E-state index contributed by atoms with van der Waals surface area (Å²) in [4.78, 5) is 25.7. The zero-order valence-electron chi connectivity index (χ0n) is 19.5. The molecule has 1 heterocycles. The quantitative estimate of drug-likeness (QED) is 0.401. The number of carbonyl (C=O) groups excluding carboxylic acids is 2. The second-order valence-corrected chi connectivity index (χ2v) is 8.83. The normalized spacial score (nSPS) is 14.2. The number of nitrogens with one attached hydrogen (secondary N) is 1. The molecule has 35 heavy (non-hydrogen) atoms. The molecule has 0 saturated carbocycles. The highest BCUT2D eigenvalue weighted by molar-refractivity contribution is 9.10. The highest BCUT2D eigenvalue weighted by Gasteiger charge is 2.29. The van der Waals surface area contributed by atoms with Gasteiger partial charge in [0, 0.05) is 10.0 Å². The number of benzene rings is 3. The number of ether oxygens (including phenoxy) is 2. The summed E-state index contributed by atoms with van der Waals surface area (Å²) in [6, 6.07) is 20.1. The Morgan fingerprint density at radius 1 is 1.06 bits per heavy atom. The lowest BCUT2D eigenvalue weighted by Crippen LogP contribution is -2.21. The van der Waals surface area contributed by atoms with Gasteiger partial charge in [-0.3, -0.25) is 9.59 Å². The van der Waals surface area contributed by atoms with Crippen molar-refractivity contribution in [3.8, 4) is 11.5 Å². The second-order valence-electron chi connectivity index (χ2n) is 7.92. The maximum absolute atomic E-state index is 13.2. The molecule has 4 rings (SSSR count). The maximum Gasteiger partial charge on any atom is 0.280 e. The Morgan fingerprint density at radius 2 is 1.86 bits per heavy atom. The molecule has 0 atom stereocenters. The van der Waals surface area contributed by atoms with Gasteiger partial charge in [0.15, 0.2) is 6.61 Å². The standard InChI is InChI=1S/C27H24BrN3O4/c1-17-7-6-8-21(13-17)31-27(33)22(18(2)30-31)15-19-14-20(28)11-12-24(19)35-16-26(32)29-23-9-4-5-10-25(23)34-3/h4-15H,16H2,1-3H3,(H,29,32)/b22-15-. The molecule has 0 fully saturated rings. The van der Waals surface area contributed by atoms with E-state index in [1.807, 2.05) is 49.4 Å². The third-order valence-electron chi connectivity index (χ3n) is 5.32. The molecule has 1 aliphatic rings. The van der Waals surface area contributed by atoms with Gasteiger partial charge in [-0.15, -0.1) is 0 Å². The number of amides is 2. The van der Waals surface area contributed by atoms with Gasteiger partial charge >= 0.3 is 0 Å². The Hall–Kier alpha value is -3.91. The van der Waals surface area contributed by atoms with Gasteiger partial charge in [0.1, 0.15) is 11.5 Å². The van der Waals surface area contributed by atoms with Gasteiger partial charge in [0.25, 0.3) is 11.8 Å². The van der Waals surface area contributed by atoms with Gasteiger partial charge < -0.3 is 14.8 Å². The van der Waals surface area contributed by atoms with E-state index in [9.17, 15) is 9.59 Å². The number of methoxy groups -OCH3 is 1. The number of carbonyl (C=O) groups is 2. The fraction of sp³-hybridized carbons (Fsp3) is 0.148. The minimum Gasteiger partial charge on any atom is -0.495 e. The molecule has 178 valence electrons. The number of hydrogen-bond acceptors (Lipinski definition) is 5. The van der Waals surface area contributed by atoms with Crippen LogP contribution in [0, 0.1) is 6.92 Å². The lowest BCUT2D eigenvalue weighted by Gasteiger charge is -2.13. The number of hydrogen-bond donors (Lipinski definition) is 1. The molecule has 0 aliphatic carbocycles. The van der Waals surface area contributed by atoms with Gasteiger partial charge in [0.2, 0.25) is 0 Å². The van der Waals surface area contributed by atoms with Crippen LogP contribution in [-0.4, -0.2) is 31.2 Å². The number of rotatable bonds is 7. The number of hydrazone groups is 1. The second kappa shape index (κ2) is 10.6. The smallest absolute Gasteiger partial charge is 0.280 e. The molecule has 3 aromatic carbocycles. The van der Waals surface area contributed by atoms with Gasteiger partial charge in [-0.1, -0.05) is 40.2 Å². The first-order chi connectivity index (χ1) is 16.9. The number of halogens is 1. The van der Waals surface area contributed by atoms with Crippen LogP contribution >= 0.6 is 15.9 Å². The molecule has 0 spiro atoms. The molecule has 7 nitrogen and oxygen atoms in total. The Kier molecular flexibility index (Phi) is 7.31. The van der Waals surface area contributed by atoms with Crippen molar-refractivity contribution in [1.82, 2.24) is 0 Å². The van der Waals surface area contributed by atoms with E-state index in [4.69, 9.17) is 9.47 Å². The summed E-state index contributed by atoms with van der Waals surface area (Å²) in [5.74, 6) is 0.456. The van der Waals surface area contributed by atoms with Crippen molar-refractivity contribution in [3.63, 3.8) is 0 Å². The van der Waals surface area contributed by atoms with Crippen molar-refractivity contribution >= 4 is 50.9 Å². The Labute approximate surface area is 212 Å². The molecule has 0 radical (unpaired) electrons. The van der Waals surface area contributed by atoms with E-state index >= 15 is 0 Å². The number of aryl methyl sites for hydroxylation is 1. The average molecular weight is 534 g/mol. The lowest BCUT2D eigenvalue weighted by atomic mass is 10.1. The summed E-state index contributed by atoms with van der Waals surface area (Å²) in [5.41, 5.74) is 3.99. The highest BCUT2D eigenvalue weighted by atomic mass is 79.9. The van der Waals surface area contributed by atoms with Crippen LogP contribution in [0.4, 0.5) is 11.4 Å². The molecule has 0 saturated heterocycles. The van der Waals surface area contributed by atoms with E-state index in [1.165, 1.54) is 5.01 Å². The minimum atomic E-state index is -0.337. The third-order valence-corrected chi connectivity index (χ3v) is 5.81. The molecular weight excluding hydrogens is 510 g/mol.